The Morgan fingerprint density at radius 3 is 1.30 bits per heavy atom. The highest BCUT2D eigenvalue weighted by Gasteiger charge is 2.22. The molecule has 0 aliphatic carbocycles. The lowest BCUT2D eigenvalue weighted by molar-refractivity contribution is 0.00519. The summed E-state index contributed by atoms with van der Waals surface area (Å²) in [7, 11) is -7.50. The summed E-state index contributed by atoms with van der Waals surface area (Å²) in [6, 6.07) is 10.3. The van der Waals surface area contributed by atoms with Crippen molar-refractivity contribution in [3.05, 3.63) is 47.5 Å². The highest BCUT2D eigenvalue weighted by atomic mass is 32.2. The fourth-order valence-corrected chi connectivity index (χ4v) is 4.19. The van der Waals surface area contributed by atoms with Crippen LogP contribution in [-0.4, -0.2) is 82.2 Å². The highest BCUT2D eigenvalue weighted by Crippen LogP contribution is 2.42. The lowest BCUT2D eigenvalue weighted by atomic mass is 9.94. The molecule has 13 heteroatoms. The maximum Gasteiger partial charge on any atom is 0.264 e. The number of benzene rings is 2. The molecule has 0 atom stereocenters. The van der Waals surface area contributed by atoms with E-state index in [1.54, 1.807) is 36.4 Å². The maximum atomic E-state index is 11.8. The van der Waals surface area contributed by atoms with E-state index in [0.717, 1.165) is 12.5 Å². The summed E-state index contributed by atoms with van der Waals surface area (Å²) in [5.74, 6) is 0.818. The summed E-state index contributed by atoms with van der Waals surface area (Å²) in [5, 5.41) is 0. The SMILES string of the molecule is CS(=O)(=O)OCc1cccc2c1-c1c(COS(C)(=O)=O)cccc1OCCOCCOCCOCCO2. The highest BCUT2D eigenvalue weighted by molar-refractivity contribution is 7.86. The van der Waals surface area contributed by atoms with Crippen LogP contribution in [0.3, 0.4) is 0 Å². The van der Waals surface area contributed by atoms with E-state index in [-0.39, 0.29) is 39.6 Å². The topological polar surface area (TPSA) is 133 Å². The third-order valence-corrected chi connectivity index (χ3v) is 6.14. The predicted octanol–water partition coefficient (Wildman–Crippen LogP) is 2.13. The predicted molar refractivity (Wildman–Crippen MR) is 135 cm³/mol. The van der Waals surface area contributed by atoms with Crippen LogP contribution in [0.15, 0.2) is 36.4 Å². The van der Waals surface area contributed by atoms with Crippen molar-refractivity contribution in [2.75, 3.05) is 65.4 Å². The van der Waals surface area contributed by atoms with Crippen LogP contribution in [0.2, 0.25) is 0 Å². The number of rotatable bonds is 6. The summed E-state index contributed by atoms with van der Waals surface area (Å²) in [4.78, 5) is 0. The molecule has 3 rings (SSSR count). The van der Waals surface area contributed by atoms with Crippen molar-refractivity contribution in [1.82, 2.24) is 0 Å². The molecule has 0 amide bonds. The zero-order chi connectivity index (χ0) is 26.7. The van der Waals surface area contributed by atoms with Crippen molar-refractivity contribution in [2.45, 2.75) is 13.2 Å². The first-order valence-electron chi connectivity index (χ1n) is 11.6. The van der Waals surface area contributed by atoms with Crippen LogP contribution in [0.1, 0.15) is 11.1 Å². The molecule has 0 spiro atoms. The van der Waals surface area contributed by atoms with Crippen molar-refractivity contribution in [3.8, 4) is 22.6 Å². The molecule has 0 unspecified atom stereocenters. The molecule has 2 aromatic rings. The van der Waals surface area contributed by atoms with Gasteiger partial charge < -0.3 is 23.7 Å². The first kappa shape index (κ1) is 29.3. The quantitative estimate of drug-likeness (QED) is 0.481. The van der Waals surface area contributed by atoms with Crippen molar-refractivity contribution < 1.29 is 48.9 Å². The summed E-state index contributed by atoms with van der Waals surface area (Å²) >= 11 is 0. The average molecular weight is 561 g/mol. The van der Waals surface area contributed by atoms with Gasteiger partial charge in [0.2, 0.25) is 0 Å². The molecule has 37 heavy (non-hydrogen) atoms. The number of hydrogen-bond donors (Lipinski definition) is 0. The molecule has 0 aromatic heterocycles. The summed E-state index contributed by atoms with van der Waals surface area (Å²) in [6.07, 6.45) is 1.92. The number of hydrogen-bond acceptors (Lipinski definition) is 11. The zero-order valence-electron chi connectivity index (χ0n) is 20.8. The van der Waals surface area contributed by atoms with Gasteiger partial charge in [-0.1, -0.05) is 24.3 Å². The molecule has 1 heterocycles. The summed E-state index contributed by atoms with van der Waals surface area (Å²) < 4.78 is 85.9. The Hall–Kier alpha value is -2.26. The second kappa shape index (κ2) is 14.0. The van der Waals surface area contributed by atoms with E-state index in [2.05, 4.69) is 0 Å². The lowest BCUT2D eigenvalue weighted by Gasteiger charge is -2.21. The second-order valence-electron chi connectivity index (χ2n) is 8.05. The van der Waals surface area contributed by atoms with Gasteiger partial charge in [0.25, 0.3) is 20.2 Å². The van der Waals surface area contributed by atoms with Crippen LogP contribution in [0, 0.1) is 0 Å². The zero-order valence-corrected chi connectivity index (χ0v) is 22.5. The Morgan fingerprint density at radius 2 is 0.946 bits per heavy atom. The van der Waals surface area contributed by atoms with Crippen LogP contribution < -0.4 is 9.47 Å². The van der Waals surface area contributed by atoms with Gasteiger partial charge in [-0.25, -0.2) is 0 Å². The average Bonchev–Trinajstić information content (AvgIpc) is 2.83. The van der Waals surface area contributed by atoms with Crippen molar-refractivity contribution in [1.29, 1.82) is 0 Å². The fraction of sp³-hybridized carbons (Fsp3) is 0.500. The molecule has 0 saturated heterocycles. The van der Waals surface area contributed by atoms with E-state index in [1.807, 2.05) is 0 Å². The first-order chi connectivity index (χ1) is 17.6. The Morgan fingerprint density at radius 1 is 0.595 bits per heavy atom. The summed E-state index contributed by atoms with van der Waals surface area (Å²) in [5.41, 5.74) is 1.95. The minimum Gasteiger partial charge on any atom is -0.491 e. The van der Waals surface area contributed by atoms with E-state index in [4.69, 9.17) is 32.1 Å². The summed E-state index contributed by atoms with van der Waals surface area (Å²) in [6.45, 7) is 2.02. The smallest absolute Gasteiger partial charge is 0.264 e. The molecule has 206 valence electrons. The minimum absolute atomic E-state index is 0.199. The van der Waals surface area contributed by atoms with Gasteiger partial charge in [-0.05, 0) is 23.3 Å². The third-order valence-electron chi connectivity index (χ3n) is 5.05. The van der Waals surface area contributed by atoms with Crippen LogP contribution in [0.25, 0.3) is 11.1 Å². The van der Waals surface area contributed by atoms with Crippen molar-refractivity contribution in [3.63, 3.8) is 0 Å². The molecule has 0 N–H and O–H groups in total. The Balaban J connectivity index is 2.10. The second-order valence-corrected chi connectivity index (χ2v) is 11.3. The Labute approximate surface area is 217 Å². The molecule has 11 nitrogen and oxygen atoms in total. The van der Waals surface area contributed by atoms with Crippen LogP contribution in [0.5, 0.6) is 11.5 Å². The lowest BCUT2D eigenvalue weighted by Crippen LogP contribution is -2.14. The van der Waals surface area contributed by atoms with Crippen molar-refractivity contribution in [2.24, 2.45) is 0 Å². The molecule has 0 fully saturated rings. The van der Waals surface area contributed by atoms with Gasteiger partial charge in [-0.2, -0.15) is 16.8 Å². The number of fused-ring (bicyclic) bond motifs is 3. The van der Waals surface area contributed by atoms with Crippen LogP contribution >= 0.6 is 0 Å². The van der Waals surface area contributed by atoms with Gasteiger partial charge in [-0.3, -0.25) is 8.37 Å². The molecular weight excluding hydrogens is 528 g/mol. The molecule has 1 aliphatic rings. The van der Waals surface area contributed by atoms with Gasteiger partial charge >= 0.3 is 0 Å². The molecule has 1 aliphatic heterocycles. The Bertz CT molecular complexity index is 1130. The fourth-order valence-electron chi connectivity index (χ4n) is 3.51. The van der Waals surface area contributed by atoms with E-state index >= 15 is 0 Å². The molecule has 0 radical (unpaired) electrons. The van der Waals surface area contributed by atoms with Crippen molar-refractivity contribution >= 4 is 20.2 Å². The van der Waals surface area contributed by atoms with Gasteiger partial charge in [0.1, 0.15) is 24.7 Å². The van der Waals surface area contributed by atoms with E-state index in [9.17, 15) is 16.8 Å². The third kappa shape index (κ3) is 10.2. The van der Waals surface area contributed by atoms with Gasteiger partial charge in [0, 0.05) is 11.1 Å². The van der Waals surface area contributed by atoms with E-state index < -0.39 is 20.2 Å². The largest absolute Gasteiger partial charge is 0.491 e. The van der Waals surface area contributed by atoms with E-state index in [0.29, 0.717) is 60.2 Å². The van der Waals surface area contributed by atoms with Crippen LogP contribution in [-0.2, 0) is 56.0 Å². The van der Waals surface area contributed by atoms with Gasteiger partial charge in [-0.15, -0.1) is 0 Å². The standard InChI is InChI=1S/C24H32O11S2/c1-36(25,26)34-17-19-5-3-7-21-23(19)24-20(18-35-37(2,27)28)6-4-8-22(24)33-16-14-31-12-10-29-9-11-30-13-15-32-21/h3-8H,9-18H2,1-2H3. The molecule has 0 bridgehead atoms. The maximum absolute atomic E-state index is 11.8. The molecule has 0 saturated carbocycles. The molecule has 2 aromatic carbocycles. The number of ether oxygens (including phenoxy) is 5. The van der Waals surface area contributed by atoms with E-state index in [1.165, 1.54) is 0 Å². The first-order valence-corrected chi connectivity index (χ1v) is 15.2. The normalized spacial score (nSPS) is 16.5. The Kier molecular flexibility index (Phi) is 11.1. The van der Waals surface area contributed by atoms with Gasteiger partial charge in [0.15, 0.2) is 0 Å². The monoisotopic (exact) mass is 560 g/mol. The minimum atomic E-state index is -3.75. The molecular formula is C24H32O11S2. The van der Waals surface area contributed by atoms with Gasteiger partial charge in [0.05, 0.1) is 65.4 Å². The van der Waals surface area contributed by atoms with Crippen LogP contribution in [0.4, 0.5) is 0 Å².